The Bertz CT molecular complexity index is 1220. The van der Waals surface area contributed by atoms with Crippen molar-refractivity contribution in [2.75, 3.05) is 24.3 Å². The molecule has 9 nitrogen and oxygen atoms in total. The molecule has 35 heavy (non-hydrogen) atoms. The first kappa shape index (κ1) is 26.2. The molecule has 0 bridgehead atoms. The molecule has 0 fully saturated rings. The normalized spacial score (nSPS) is 10.6. The standard InChI is InChI=1S/C24H26N4O5S2/c1-5-13-28-20(16-11-9-8-10-12-16)26-27-24(28)34-14-17(29)25-21-18(22(30)32-6-2)15(4)19(35-21)23(31)33-7-3/h5,8-12H,1,6-7,13-14H2,2-4H3,(H,25,29). The van der Waals surface area contributed by atoms with Gasteiger partial charge in [0.05, 0.1) is 24.5 Å². The van der Waals surface area contributed by atoms with E-state index >= 15 is 0 Å². The van der Waals surface area contributed by atoms with Crippen LogP contribution in [0.1, 0.15) is 39.4 Å². The zero-order chi connectivity index (χ0) is 25.4. The molecule has 0 aliphatic rings. The number of thioether (sulfide) groups is 1. The molecule has 3 rings (SSSR count). The Morgan fingerprint density at radius 3 is 2.46 bits per heavy atom. The molecule has 0 radical (unpaired) electrons. The summed E-state index contributed by atoms with van der Waals surface area (Å²) in [6.45, 7) is 9.63. The van der Waals surface area contributed by atoms with Gasteiger partial charge in [-0.2, -0.15) is 0 Å². The first-order valence-electron chi connectivity index (χ1n) is 10.9. The molecule has 0 saturated carbocycles. The summed E-state index contributed by atoms with van der Waals surface area (Å²) >= 11 is 2.19. The molecule has 3 aromatic rings. The lowest BCUT2D eigenvalue weighted by molar-refractivity contribution is -0.113. The summed E-state index contributed by atoms with van der Waals surface area (Å²) in [5, 5.41) is 12.1. The van der Waals surface area contributed by atoms with E-state index in [-0.39, 0.29) is 40.3 Å². The number of thiophene rings is 1. The number of ether oxygens (including phenoxy) is 2. The Labute approximate surface area is 211 Å². The third-order valence-electron chi connectivity index (χ3n) is 4.73. The first-order chi connectivity index (χ1) is 16.9. The van der Waals surface area contributed by atoms with E-state index in [0.717, 1.165) is 16.9 Å². The number of carbonyl (C=O) groups is 3. The van der Waals surface area contributed by atoms with E-state index in [1.807, 2.05) is 34.9 Å². The molecule has 1 N–H and O–H groups in total. The van der Waals surface area contributed by atoms with E-state index in [0.29, 0.717) is 23.1 Å². The van der Waals surface area contributed by atoms with Crippen molar-refractivity contribution in [3.8, 4) is 11.4 Å². The molecule has 0 aliphatic heterocycles. The maximum absolute atomic E-state index is 12.8. The second kappa shape index (κ2) is 12.3. The number of nitrogens with zero attached hydrogens (tertiary/aromatic N) is 3. The second-order valence-electron chi connectivity index (χ2n) is 7.11. The van der Waals surface area contributed by atoms with Gasteiger partial charge in [0.15, 0.2) is 11.0 Å². The molecule has 11 heteroatoms. The minimum Gasteiger partial charge on any atom is -0.462 e. The minimum atomic E-state index is -0.613. The number of aromatic nitrogens is 3. The highest BCUT2D eigenvalue weighted by molar-refractivity contribution is 7.99. The van der Waals surface area contributed by atoms with Crippen molar-refractivity contribution in [2.24, 2.45) is 0 Å². The van der Waals surface area contributed by atoms with Crippen LogP contribution in [0, 0.1) is 6.92 Å². The number of rotatable bonds is 11. The maximum Gasteiger partial charge on any atom is 0.348 e. The quantitative estimate of drug-likeness (QED) is 0.225. The summed E-state index contributed by atoms with van der Waals surface area (Å²) in [4.78, 5) is 37.9. The molecule has 0 atom stereocenters. The fourth-order valence-corrected chi connectivity index (χ4v) is 5.08. The summed E-state index contributed by atoms with van der Waals surface area (Å²) in [5.41, 5.74) is 1.46. The van der Waals surface area contributed by atoms with Crippen molar-refractivity contribution in [1.82, 2.24) is 14.8 Å². The second-order valence-corrected chi connectivity index (χ2v) is 9.07. The summed E-state index contributed by atoms with van der Waals surface area (Å²) in [6, 6.07) is 9.61. The molecular formula is C24H26N4O5S2. The monoisotopic (exact) mass is 514 g/mol. The Morgan fingerprint density at radius 2 is 1.80 bits per heavy atom. The van der Waals surface area contributed by atoms with E-state index in [4.69, 9.17) is 9.47 Å². The van der Waals surface area contributed by atoms with Crippen molar-refractivity contribution in [3.05, 3.63) is 59.0 Å². The molecule has 0 spiro atoms. The van der Waals surface area contributed by atoms with Gasteiger partial charge in [-0.05, 0) is 26.3 Å². The summed E-state index contributed by atoms with van der Waals surface area (Å²) in [6.07, 6.45) is 1.73. The molecule has 184 valence electrons. The lowest BCUT2D eigenvalue weighted by atomic mass is 10.1. The molecular weight excluding hydrogens is 488 g/mol. The highest BCUT2D eigenvalue weighted by Gasteiger charge is 2.27. The zero-order valence-electron chi connectivity index (χ0n) is 19.7. The summed E-state index contributed by atoms with van der Waals surface area (Å²) in [5.74, 6) is -0.852. The number of benzene rings is 1. The highest BCUT2D eigenvalue weighted by Crippen LogP contribution is 2.34. The van der Waals surface area contributed by atoms with Gasteiger partial charge < -0.3 is 14.8 Å². The number of nitrogens with one attached hydrogen (secondary N) is 1. The molecule has 0 aliphatic carbocycles. The zero-order valence-corrected chi connectivity index (χ0v) is 21.3. The van der Waals surface area contributed by atoms with Crippen LogP contribution in [0.3, 0.4) is 0 Å². The molecule has 0 unspecified atom stereocenters. The lowest BCUT2D eigenvalue weighted by Crippen LogP contribution is -2.17. The summed E-state index contributed by atoms with van der Waals surface area (Å²) in [7, 11) is 0. The van der Waals surface area contributed by atoms with Crippen LogP contribution in [0.2, 0.25) is 0 Å². The molecule has 1 amide bonds. The van der Waals surface area contributed by atoms with Gasteiger partial charge in [-0.3, -0.25) is 9.36 Å². The van der Waals surface area contributed by atoms with Crippen LogP contribution < -0.4 is 5.32 Å². The molecule has 2 aromatic heterocycles. The predicted octanol–water partition coefficient (Wildman–Crippen LogP) is 4.59. The van der Waals surface area contributed by atoms with Crippen molar-refractivity contribution in [3.63, 3.8) is 0 Å². The average Bonchev–Trinajstić information content (AvgIpc) is 3.39. The fraction of sp³-hybridized carbons (Fsp3) is 0.292. The minimum absolute atomic E-state index is 0.0119. The van der Waals surface area contributed by atoms with Crippen molar-refractivity contribution in [2.45, 2.75) is 32.5 Å². The van der Waals surface area contributed by atoms with Crippen molar-refractivity contribution >= 4 is 45.9 Å². The van der Waals surface area contributed by atoms with E-state index in [2.05, 4.69) is 22.1 Å². The van der Waals surface area contributed by atoms with E-state index < -0.39 is 11.9 Å². The number of anilines is 1. The van der Waals surface area contributed by atoms with Gasteiger partial charge in [-0.25, -0.2) is 9.59 Å². The smallest absolute Gasteiger partial charge is 0.348 e. The van der Waals surface area contributed by atoms with E-state index in [1.54, 1.807) is 26.8 Å². The fourth-order valence-electron chi connectivity index (χ4n) is 3.22. The topological polar surface area (TPSA) is 112 Å². The average molecular weight is 515 g/mol. The molecule has 1 aromatic carbocycles. The third kappa shape index (κ3) is 6.17. The third-order valence-corrected chi connectivity index (χ3v) is 6.89. The number of esters is 2. The SMILES string of the molecule is C=CCn1c(SCC(=O)Nc2sc(C(=O)OCC)c(C)c2C(=O)OCC)nnc1-c1ccccc1. The van der Waals surface area contributed by atoms with Gasteiger partial charge in [-0.15, -0.1) is 28.1 Å². The Morgan fingerprint density at radius 1 is 1.11 bits per heavy atom. The van der Waals surface area contributed by atoms with Gasteiger partial charge >= 0.3 is 11.9 Å². The Hall–Kier alpha value is -3.44. The number of carbonyl (C=O) groups excluding carboxylic acids is 3. The van der Waals surface area contributed by atoms with Crippen LogP contribution in [0.5, 0.6) is 0 Å². The van der Waals surface area contributed by atoms with Gasteiger partial charge in [0.1, 0.15) is 9.88 Å². The largest absolute Gasteiger partial charge is 0.462 e. The lowest BCUT2D eigenvalue weighted by Gasteiger charge is -2.09. The van der Waals surface area contributed by atoms with Crippen LogP contribution in [0.4, 0.5) is 5.00 Å². The van der Waals surface area contributed by atoms with Crippen LogP contribution in [0.15, 0.2) is 48.1 Å². The maximum atomic E-state index is 12.8. The van der Waals surface area contributed by atoms with Crippen molar-refractivity contribution < 1.29 is 23.9 Å². The first-order valence-corrected chi connectivity index (χ1v) is 12.7. The van der Waals surface area contributed by atoms with Gasteiger partial charge in [-0.1, -0.05) is 48.2 Å². The molecule has 2 heterocycles. The number of hydrogen-bond donors (Lipinski definition) is 1. The van der Waals surface area contributed by atoms with Crippen LogP contribution in [-0.4, -0.2) is 51.6 Å². The Balaban J connectivity index is 1.79. The van der Waals surface area contributed by atoms with Crippen molar-refractivity contribution in [1.29, 1.82) is 0 Å². The number of hydrogen-bond acceptors (Lipinski definition) is 9. The van der Waals surface area contributed by atoms with E-state index in [1.165, 1.54) is 11.8 Å². The highest BCUT2D eigenvalue weighted by atomic mass is 32.2. The van der Waals surface area contributed by atoms with Gasteiger partial charge in [0.25, 0.3) is 0 Å². The molecule has 0 saturated heterocycles. The Kier molecular flexibility index (Phi) is 9.21. The van der Waals surface area contributed by atoms with Gasteiger partial charge in [0, 0.05) is 12.1 Å². The van der Waals surface area contributed by atoms with Crippen LogP contribution in [-0.2, 0) is 20.8 Å². The predicted molar refractivity (Wildman–Crippen MR) is 136 cm³/mol. The summed E-state index contributed by atoms with van der Waals surface area (Å²) < 4.78 is 12.1. The van der Waals surface area contributed by atoms with Gasteiger partial charge in [0.2, 0.25) is 5.91 Å². The van der Waals surface area contributed by atoms with Crippen LogP contribution in [0.25, 0.3) is 11.4 Å². The number of allylic oxidation sites excluding steroid dienone is 1. The number of amides is 1. The van der Waals surface area contributed by atoms with Crippen LogP contribution >= 0.6 is 23.1 Å². The van der Waals surface area contributed by atoms with E-state index in [9.17, 15) is 14.4 Å².